The van der Waals surface area contributed by atoms with Gasteiger partial charge in [0.1, 0.15) is 11.6 Å². The first-order valence-corrected chi connectivity index (χ1v) is 6.26. The molecule has 1 heterocycles. The molecule has 0 atom stereocenters. The van der Waals surface area contributed by atoms with Crippen molar-refractivity contribution in [2.45, 2.75) is 13.5 Å². The molecule has 0 bridgehead atoms. The fourth-order valence-electron chi connectivity index (χ4n) is 1.72. The Bertz CT molecular complexity index is 666. The molecular weight excluding hydrogens is 292 g/mol. The molecule has 0 aliphatic carbocycles. The molecule has 0 unspecified atom stereocenters. The maximum atomic E-state index is 12.0. The Kier molecular flexibility index (Phi) is 3.63. The van der Waals surface area contributed by atoms with Crippen LogP contribution < -0.4 is 5.56 Å². The van der Waals surface area contributed by atoms with Gasteiger partial charge < -0.3 is 4.57 Å². The van der Waals surface area contributed by atoms with E-state index in [0.29, 0.717) is 6.54 Å². The summed E-state index contributed by atoms with van der Waals surface area (Å²) in [5, 5.41) is 8.87. The second kappa shape index (κ2) is 5.19. The average molecular weight is 303 g/mol. The van der Waals surface area contributed by atoms with Gasteiger partial charge in [0.2, 0.25) is 0 Å². The molecule has 1 aromatic heterocycles. The average Bonchev–Trinajstić information content (AvgIpc) is 2.37. The molecule has 2 rings (SSSR count). The number of hydrogen-bond donors (Lipinski definition) is 0. The fraction of sp³-hybridized carbons (Fsp3) is 0.143. The van der Waals surface area contributed by atoms with Crippen molar-refractivity contribution in [3.05, 3.63) is 68.0 Å². The van der Waals surface area contributed by atoms with Gasteiger partial charge >= 0.3 is 0 Å². The molecule has 1 aromatic carbocycles. The van der Waals surface area contributed by atoms with Gasteiger partial charge in [-0.2, -0.15) is 5.26 Å². The van der Waals surface area contributed by atoms with Crippen molar-refractivity contribution in [3.63, 3.8) is 0 Å². The van der Waals surface area contributed by atoms with E-state index in [1.54, 1.807) is 16.7 Å². The highest BCUT2D eigenvalue weighted by Gasteiger charge is 2.06. The molecule has 0 fully saturated rings. The van der Waals surface area contributed by atoms with Crippen molar-refractivity contribution in [1.29, 1.82) is 5.26 Å². The number of rotatable bonds is 2. The second-order valence-electron chi connectivity index (χ2n) is 4.02. The van der Waals surface area contributed by atoms with Crippen molar-refractivity contribution in [3.8, 4) is 6.07 Å². The van der Waals surface area contributed by atoms with Crippen molar-refractivity contribution < 1.29 is 0 Å². The molecule has 90 valence electrons. The van der Waals surface area contributed by atoms with Crippen molar-refractivity contribution >= 4 is 15.9 Å². The number of nitrogens with zero attached hydrogens (tertiary/aromatic N) is 2. The number of hydrogen-bond acceptors (Lipinski definition) is 2. The number of pyridine rings is 1. The Labute approximate surface area is 113 Å². The molecule has 4 heteroatoms. The van der Waals surface area contributed by atoms with E-state index in [0.717, 1.165) is 15.7 Å². The molecule has 18 heavy (non-hydrogen) atoms. The van der Waals surface area contributed by atoms with E-state index in [1.807, 2.05) is 37.3 Å². The smallest absolute Gasteiger partial charge is 0.268 e. The van der Waals surface area contributed by atoms with Gasteiger partial charge in [0.15, 0.2) is 0 Å². The van der Waals surface area contributed by atoms with Gasteiger partial charge in [-0.15, -0.1) is 0 Å². The van der Waals surface area contributed by atoms with Crippen LogP contribution in [0.15, 0.2) is 45.7 Å². The highest BCUT2D eigenvalue weighted by Crippen LogP contribution is 2.11. The van der Waals surface area contributed by atoms with Crippen LogP contribution in [0.4, 0.5) is 0 Å². The third-order valence-corrected chi connectivity index (χ3v) is 3.30. The third kappa shape index (κ3) is 2.52. The van der Waals surface area contributed by atoms with Gasteiger partial charge in [0.25, 0.3) is 5.56 Å². The van der Waals surface area contributed by atoms with Crippen LogP contribution in [0.1, 0.15) is 16.8 Å². The Hall–Kier alpha value is -1.86. The minimum Gasteiger partial charge on any atom is -0.307 e. The summed E-state index contributed by atoms with van der Waals surface area (Å²) in [5.74, 6) is 0. The number of aromatic nitrogens is 1. The van der Waals surface area contributed by atoms with E-state index < -0.39 is 0 Å². The summed E-state index contributed by atoms with van der Waals surface area (Å²) in [4.78, 5) is 12.0. The predicted molar refractivity (Wildman–Crippen MR) is 73.4 cm³/mol. The Morgan fingerprint density at radius 2 is 1.89 bits per heavy atom. The predicted octanol–water partition coefficient (Wildman–Crippen LogP) is 2.84. The lowest BCUT2D eigenvalue weighted by molar-refractivity contribution is 0.727. The molecule has 0 aliphatic rings. The molecule has 0 N–H and O–H groups in total. The van der Waals surface area contributed by atoms with Crippen molar-refractivity contribution in [1.82, 2.24) is 4.57 Å². The van der Waals surface area contributed by atoms with Gasteiger partial charge in [-0.3, -0.25) is 4.79 Å². The van der Waals surface area contributed by atoms with Crippen LogP contribution in [0.5, 0.6) is 0 Å². The molecule has 0 radical (unpaired) electrons. The lowest BCUT2D eigenvalue weighted by Crippen LogP contribution is -2.24. The SMILES string of the molecule is Cc1ccc(C#N)c(=O)n1Cc1ccc(Br)cc1. The summed E-state index contributed by atoms with van der Waals surface area (Å²) in [6.45, 7) is 2.34. The topological polar surface area (TPSA) is 45.8 Å². The van der Waals surface area contributed by atoms with Crippen LogP contribution in [0.25, 0.3) is 0 Å². The molecule has 0 amide bonds. The molecule has 0 saturated heterocycles. The first-order chi connectivity index (χ1) is 8.61. The Balaban J connectivity index is 2.43. The van der Waals surface area contributed by atoms with E-state index >= 15 is 0 Å². The third-order valence-electron chi connectivity index (χ3n) is 2.77. The van der Waals surface area contributed by atoms with E-state index in [4.69, 9.17) is 5.26 Å². The molecule has 0 aliphatic heterocycles. The quantitative estimate of drug-likeness (QED) is 0.856. The summed E-state index contributed by atoms with van der Waals surface area (Å²) >= 11 is 3.37. The van der Waals surface area contributed by atoms with Crippen LogP contribution in [-0.4, -0.2) is 4.57 Å². The van der Waals surface area contributed by atoms with E-state index in [9.17, 15) is 4.79 Å². The molecule has 0 saturated carbocycles. The van der Waals surface area contributed by atoms with Gasteiger partial charge in [-0.25, -0.2) is 0 Å². The monoisotopic (exact) mass is 302 g/mol. The molecule has 0 spiro atoms. The normalized spacial score (nSPS) is 10.1. The minimum atomic E-state index is -0.236. The van der Waals surface area contributed by atoms with Crippen molar-refractivity contribution in [2.24, 2.45) is 0 Å². The van der Waals surface area contributed by atoms with Crippen LogP contribution in [0.3, 0.4) is 0 Å². The summed E-state index contributed by atoms with van der Waals surface area (Å²) in [7, 11) is 0. The second-order valence-corrected chi connectivity index (χ2v) is 4.93. The van der Waals surface area contributed by atoms with Gasteiger partial charge in [-0.05, 0) is 36.8 Å². The lowest BCUT2D eigenvalue weighted by Gasteiger charge is -2.10. The number of halogens is 1. The lowest BCUT2D eigenvalue weighted by atomic mass is 10.2. The Morgan fingerprint density at radius 1 is 1.22 bits per heavy atom. The van der Waals surface area contributed by atoms with Crippen molar-refractivity contribution in [2.75, 3.05) is 0 Å². The summed E-state index contributed by atoms with van der Waals surface area (Å²) < 4.78 is 2.61. The fourth-order valence-corrected chi connectivity index (χ4v) is 1.99. The molecule has 3 nitrogen and oxygen atoms in total. The Morgan fingerprint density at radius 3 is 2.50 bits per heavy atom. The summed E-state index contributed by atoms with van der Waals surface area (Å²) in [6, 6.07) is 13.0. The van der Waals surface area contributed by atoms with Crippen LogP contribution >= 0.6 is 15.9 Å². The number of aryl methyl sites for hydroxylation is 1. The number of nitriles is 1. The highest BCUT2D eigenvalue weighted by molar-refractivity contribution is 9.10. The van der Waals surface area contributed by atoms with Gasteiger partial charge in [0.05, 0.1) is 6.54 Å². The van der Waals surface area contributed by atoms with E-state index in [2.05, 4.69) is 15.9 Å². The zero-order valence-electron chi connectivity index (χ0n) is 9.85. The number of benzene rings is 1. The maximum Gasteiger partial charge on any atom is 0.268 e. The summed E-state index contributed by atoms with van der Waals surface area (Å²) in [6.07, 6.45) is 0. The zero-order chi connectivity index (χ0) is 13.1. The van der Waals surface area contributed by atoms with Crippen LogP contribution in [-0.2, 0) is 6.54 Å². The maximum absolute atomic E-state index is 12.0. The first kappa shape index (κ1) is 12.6. The van der Waals surface area contributed by atoms with Crippen LogP contribution in [0.2, 0.25) is 0 Å². The highest BCUT2D eigenvalue weighted by atomic mass is 79.9. The molecule has 2 aromatic rings. The summed E-state index contributed by atoms with van der Waals surface area (Å²) in [5.41, 5.74) is 1.82. The van der Waals surface area contributed by atoms with E-state index in [-0.39, 0.29) is 11.1 Å². The largest absolute Gasteiger partial charge is 0.307 e. The van der Waals surface area contributed by atoms with Gasteiger partial charge in [-0.1, -0.05) is 28.1 Å². The van der Waals surface area contributed by atoms with E-state index in [1.165, 1.54) is 0 Å². The first-order valence-electron chi connectivity index (χ1n) is 5.47. The van der Waals surface area contributed by atoms with Gasteiger partial charge in [0, 0.05) is 10.2 Å². The molecular formula is C14H11BrN2O. The minimum absolute atomic E-state index is 0.178. The standard InChI is InChI=1S/C14H11BrN2O/c1-10-2-5-12(8-16)14(18)17(10)9-11-3-6-13(15)7-4-11/h2-7H,9H2,1H3. The zero-order valence-corrected chi connectivity index (χ0v) is 11.4. The van der Waals surface area contributed by atoms with Crippen LogP contribution in [0, 0.1) is 18.3 Å².